The lowest BCUT2D eigenvalue weighted by Crippen LogP contribution is -2.88. The lowest BCUT2D eigenvalue weighted by Gasteiger charge is -2.23. The molecule has 0 saturated carbocycles. The molecule has 0 heterocycles. The average Bonchev–Trinajstić information content (AvgIpc) is 2.53. The molecule has 2 aromatic carbocycles. The molecule has 0 aliphatic rings. The number of carbonyl (C=O) groups excluding carboxylic acids is 1. The van der Waals surface area contributed by atoms with Crippen molar-refractivity contribution >= 4 is 17.5 Å². The van der Waals surface area contributed by atoms with Crippen molar-refractivity contribution in [2.75, 3.05) is 14.1 Å². The van der Waals surface area contributed by atoms with Crippen LogP contribution in [0.1, 0.15) is 30.1 Å². The standard InChI is InChI=1S/C18H21ClN2O/c1-13(15-11-7-8-12-16(15)19)20-17(18(22)21(2)3)14-9-5-4-6-10-14/h4-13,17,20H,1-3H3/p+1/t13-,17+/m1/s1. The van der Waals surface area contributed by atoms with Gasteiger partial charge in [-0.15, -0.1) is 0 Å². The van der Waals surface area contributed by atoms with E-state index in [0.717, 1.165) is 16.1 Å². The molecule has 4 heteroatoms. The van der Waals surface area contributed by atoms with Crippen molar-refractivity contribution in [3.05, 3.63) is 70.7 Å². The molecule has 0 aliphatic heterocycles. The first-order chi connectivity index (χ1) is 10.5. The zero-order chi connectivity index (χ0) is 16.1. The van der Waals surface area contributed by atoms with Gasteiger partial charge in [0.2, 0.25) is 0 Å². The van der Waals surface area contributed by atoms with E-state index in [1.807, 2.05) is 54.6 Å². The smallest absolute Gasteiger partial charge is 0.285 e. The van der Waals surface area contributed by atoms with Crippen LogP contribution in [0.3, 0.4) is 0 Å². The van der Waals surface area contributed by atoms with Crippen molar-refractivity contribution in [1.29, 1.82) is 0 Å². The molecule has 2 atom stereocenters. The molecular formula is C18H22ClN2O+. The zero-order valence-corrected chi connectivity index (χ0v) is 13.9. The van der Waals surface area contributed by atoms with E-state index in [0.29, 0.717) is 0 Å². The molecule has 116 valence electrons. The topological polar surface area (TPSA) is 36.9 Å². The van der Waals surface area contributed by atoms with Crippen molar-refractivity contribution < 1.29 is 10.1 Å². The maximum absolute atomic E-state index is 12.6. The van der Waals surface area contributed by atoms with Gasteiger partial charge in [-0.2, -0.15) is 0 Å². The van der Waals surface area contributed by atoms with Crippen LogP contribution in [0.5, 0.6) is 0 Å². The summed E-state index contributed by atoms with van der Waals surface area (Å²) in [7, 11) is 3.57. The van der Waals surface area contributed by atoms with Gasteiger partial charge in [-0.05, 0) is 13.0 Å². The predicted octanol–water partition coefficient (Wildman–Crippen LogP) is 2.79. The van der Waals surface area contributed by atoms with Crippen LogP contribution < -0.4 is 5.32 Å². The molecule has 0 fully saturated rings. The van der Waals surface area contributed by atoms with Crippen molar-refractivity contribution in [1.82, 2.24) is 4.90 Å². The van der Waals surface area contributed by atoms with Gasteiger partial charge in [-0.25, -0.2) is 0 Å². The molecule has 22 heavy (non-hydrogen) atoms. The highest BCUT2D eigenvalue weighted by atomic mass is 35.5. The highest BCUT2D eigenvalue weighted by Gasteiger charge is 2.28. The highest BCUT2D eigenvalue weighted by Crippen LogP contribution is 2.21. The fourth-order valence-corrected chi connectivity index (χ4v) is 2.82. The van der Waals surface area contributed by atoms with E-state index in [9.17, 15) is 4.79 Å². The number of halogens is 1. The second-order valence-corrected chi connectivity index (χ2v) is 6.03. The normalized spacial score (nSPS) is 13.5. The third kappa shape index (κ3) is 3.87. The number of rotatable bonds is 5. The Labute approximate surface area is 136 Å². The Kier molecular flexibility index (Phi) is 5.58. The zero-order valence-electron chi connectivity index (χ0n) is 13.2. The number of amides is 1. The van der Waals surface area contributed by atoms with E-state index in [2.05, 4.69) is 12.2 Å². The third-order valence-electron chi connectivity index (χ3n) is 3.74. The maximum atomic E-state index is 12.6. The van der Waals surface area contributed by atoms with Gasteiger partial charge in [0.1, 0.15) is 6.04 Å². The molecule has 2 N–H and O–H groups in total. The second kappa shape index (κ2) is 7.43. The molecular weight excluding hydrogens is 296 g/mol. The summed E-state index contributed by atoms with van der Waals surface area (Å²) in [6.45, 7) is 2.07. The predicted molar refractivity (Wildman–Crippen MR) is 89.7 cm³/mol. The van der Waals surface area contributed by atoms with E-state index in [1.54, 1.807) is 19.0 Å². The van der Waals surface area contributed by atoms with Gasteiger partial charge in [0, 0.05) is 30.2 Å². The van der Waals surface area contributed by atoms with Crippen molar-refractivity contribution in [2.24, 2.45) is 0 Å². The Morgan fingerprint density at radius 3 is 2.23 bits per heavy atom. The SMILES string of the molecule is C[C@@H]([NH2+][C@H](C(=O)N(C)C)c1ccccc1)c1ccccc1Cl. The summed E-state index contributed by atoms with van der Waals surface area (Å²) in [5, 5.41) is 2.80. The number of carbonyl (C=O) groups is 1. The van der Waals surface area contributed by atoms with Gasteiger partial charge in [0.05, 0.1) is 0 Å². The molecule has 1 amide bonds. The molecule has 0 unspecified atom stereocenters. The van der Waals surface area contributed by atoms with E-state index in [4.69, 9.17) is 11.6 Å². The van der Waals surface area contributed by atoms with Crippen LogP contribution in [0.4, 0.5) is 0 Å². The number of nitrogens with zero attached hydrogens (tertiary/aromatic N) is 1. The number of benzene rings is 2. The summed E-state index contributed by atoms with van der Waals surface area (Å²) in [6, 6.07) is 17.4. The first-order valence-electron chi connectivity index (χ1n) is 7.36. The lowest BCUT2D eigenvalue weighted by molar-refractivity contribution is -0.719. The minimum atomic E-state index is -0.275. The first-order valence-corrected chi connectivity index (χ1v) is 7.74. The Hall–Kier alpha value is -1.84. The number of hydrogen-bond acceptors (Lipinski definition) is 1. The Morgan fingerprint density at radius 1 is 1.05 bits per heavy atom. The maximum Gasteiger partial charge on any atom is 0.285 e. The van der Waals surface area contributed by atoms with Gasteiger partial charge in [-0.3, -0.25) is 4.79 Å². The minimum absolute atomic E-state index is 0.0742. The molecule has 0 bridgehead atoms. The number of hydrogen-bond donors (Lipinski definition) is 1. The van der Waals surface area contributed by atoms with E-state index < -0.39 is 0 Å². The minimum Gasteiger partial charge on any atom is -0.343 e. The van der Waals surface area contributed by atoms with Crippen LogP contribution in [0.2, 0.25) is 5.02 Å². The summed E-state index contributed by atoms with van der Waals surface area (Å²) in [4.78, 5) is 14.2. The first kappa shape index (κ1) is 16.5. The number of nitrogens with two attached hydrogens (primary N) is 1. The van der Waals surface area contributed by atoms with Gasteiger partial charge in [-0.1, -0.05) is 60.1 Å². The summed E-state index contributed by atoms with van der Waals surface area (Å²) in [5.74, 6) is 0.0742. The van der Waals surface area contributed by atoms with E-state index >= 15 is 0 Å². The Morgan fingerprint density at radius 2 is 1.64 bits per heavy atom. The summed E-state index contributed by atoms with van der Waals surface area (Å²) in [6.07, 6.45) is 0. The lowest BCUT2D eigenvalue weighted by atomic mass is 10.0. The van der Waals surface area contributed by atoms with Crippen molar-refractivity contribution in [3.8, 4) is 0 Å². The molecule has 2 aromatic rings. The molecule has 2 rings (SSSR count). The van der Waals surface area contributed by atoms with E-state index in [1.165, 1.54) is 0 Å². The molecule has 0 radical (unpaired) electrons. The van der Waals surface area contributed by atoms with Crippen LogP contribution in [0.15, 0.2) is 54.6 Å². The molecule has 0 saturated heterocycles. The van der Waals surface area contributed by atoms with Crippen LogP contribution in [0.25, 0.3) is 0 Å². The van der Waals surface area contributed by atoms with Crippen LogP contribution in [-0.4, -0.2) is 24.9 Å². The fraction of sp³-hybridized carbons (Fsp3) is 0.278. The van der Waals surface area contributed by atoms with Gasteiger partial charge in [0.15, 0.2) is 6.04 Å². The number of quaternary nitrogens is 1. The molecule has 3 nitrogen and oxygen atoms in total. The van der Waals surface area contributed by atoms with Crippen molar-refractivity contribution in [3.63, 3.8) is 0 Å². The largest absolute Gasteiger partial charge is 0.343 e. The van der Waals surface area contributed by atoms with Gasteiger partial charge in [0.25, 0.3) is 5.91 Å². The Bertz CT molecular complexity index is 628. The van der Waals surface area contributed by atoms with Gasteiger partial charge >= 0.3 is 0 Å². The average molecular weight is 318 g/mol. The molecule has 0 spiro atoms. The number of likely N-dealkylation sites (N-methyl/N-ethyl adjacent to an activating group) is 1. The molecule has 0 aromatic heterocycles. The monoisotopic (exact) mass is 317 g/mol. The van der Waals surface area contributed by atoms with Crippen LogP contribution >= 0.6 is 11.6 Å². The quantitative estimate of drug-likeness (QED) is 0.904. The fourth-order valence-electron chi connectivity index (χ4n) is 2.51. The van der Waals surface area contributed by atoms with Crippen LogP contribution in [0, 0.1) is 0 Å². The molecule has 0 aliphatic carbocycles. The second-order valence-electron chi connectivity index (χ2n) is 5.62. The van der Waals surface area contributed by atoms with Gasteiger partial charge < -0.3 is 10.2 Å². The van der Waals surface area contributed by atoms with Crippen LogP contribution in [-0.2, 0) is 4.79 Å². The summed E-state index contributed by atoms with van der Waals surface area (Å²) >= 11 is 6.28. The highest BCUT2D eigenvalue weighted by molar-refractivity contribution is 6.31. The van der Waals surface area contributed by atoms with Crippen molar-refractivity contribution in [2.45, 2.75) is 19.0 Å². The summed E-state index contributed by atoms with van der Waals surface area (Å²) in [5.41, 5.74) is 2.04. The third-order valence-corrected chi connectivity index (χ3v) is 4.09. The summed E-state index contributed by atoms with van der Waals surface area (Å²) < 4.78 is 0. The van der Waals surface area contributed by atoms with E-state index in [-0.39, 0.29) is 18.0 Å². The Balaban J connectivity index is 2.27.